The number of thioether (sulfide) groups is 1. The Hall–Kier alpha value is -1.42. The SMILES string of the molecule is CC1CC(CC2N=C(C(=O)NC3CCOCC3)SC2(C)c2ccc(S(=O)(=O)NC(C)(C)C)c(C(C)(C)C)c2)C1. The maximum atomic E-state index is 13.4. The van der Waals surface area contributed by atoms with E-state index in [1.54, 1.807) is 6.07 Å². The summed E-state index contributed by atoms with van der Waals surface area (Å²) in [7, 11) is -3.73. The molecule has 3 aliphatic rings. The molecular formula is C30H47N3O4S2. The molecular weight excluding hydrogens is 530 g/mol. The molecule has 2 aliphatic heterocycles. The van der Waals surface area contributed by atoms with Crippen LogP contribution in [0, 0.1) is 11.8 Å². The number of rotatable bonds is 7. The van der Waals surface area contributed by atoms with E-state index in [1.165, 1.54) is 24.6 Å². The van der Waals surface area contributed by atoms with Crippen molar-refractivity contribution in [3.05, 3.63) is 29.3 Å². The monoisotopic (exact) mass is 577 g/mol. The van der Waals surface area contributed by atoms with Crippen molar-refractivity contribution in [2.45, 2.75) is 120 Å². The van der Waals surface area contributed by atoms with Crippen molar-refractivity contribution in [1.82, 2.24) is 10.0 Å². The lowest BCUT2D eigenvalue weighted by Gasteiger charge is -2.38. The molecule has 0 radical (unpaired) electrons. The topological polar surface area (TPSA) is 96.9 Å². The van der Waals surface area contributed by atoms with E-state index < -0.39 is 25.7 Å². The summed E-state index contributed by atoms with van der Waals surface area (Å²) in [5.74, 6) is 1.24. The summed E-state index contributed by atoms with van der Waals surface area (Å²) in [6, 6.07) is 5.79. The van der Waals surface area contributed by atoms with E-state index in [0.717, 1.165) is 36.3 Å². The molecule has 1 saturated heterocycles. The summed E-state index contributed by atoms with van der Waals surface area (Å²) < 4.78 is 34.7. The number of hydrogen-bond donors (Lipinski definition) is 2. The van der Waals surface area contributed by atoms with E-state index in [1.807, 2.05) is 47.6 Å². The first-order valence-electron chi connectivity index (χ1n) is 14.3. The molecule has 7 nitrogen and oxygen atoms in total. The van der Waals surface area contributed by atoms with Crippen LogP contribution in [-0.2, 0) is 29.7 Å². The number of aliphatic imine (C=N–C) groups is 1. The zero-order valence-corrected chi connectivity index (χ0v) is 26.5. The number of ether oxygens (including phenoxy) is 1. The van der Waals surface area contributed by atoms with Gasteiger partial charge in [0.1, 0.15) is 0 Å². The molecule has 9 heteroatoms. The minimum absolute atomic E-state index is 0.0570. The predicted octanol–water partition coefficient (Wildman–Crippen LogP) is 5.52. The lowest BCUT2D eigenvalue weighted by molar-refractivity contribution is -0.115. The Kier molecular flexibility index (Phi) is 8.69. The fourth-order valence-electron chi connectivity index (χ4n) is 5.98. The van der Waals surface area contributed by atoms with Gasteiger partial charge in [-0.05, 0) is 94.2 Å². The second-order valence-electron chi connectivity index (χ2n) is 14.0. The summed E-state index contributed by atoms with van der Waals surface area (Å²) in [6.07, 6.45) is 4.95. The second-order valence-corrected chi connectivity index (χ2v) is 17.1. The molecule has 0 bridgehead atoms. The van der Waals surface area contributed by atoms with E-state index >= 15 is 0 Å². The molecule has 1 aromatic rings. The Morgan fingerprint density at radius 1 is 1.13 bits per heavy atom. The van der Waals surface area contributed by atoms with Crippen LogP contribution >= 0.6 is 11.8 Å². The van der Waals surface area contributed by atoms with Crippen LogP contribution in [0.1, 0.15) is 98.6 Å². The molecule has 4 rings (SSSR count). The Morgan fingerprint density at radius 3 is 2.33 bits per heavy atom. The van der Waals surface area contributed by atoms with Crippen LogP contribution in [-0.4, -0.2) is 50.2 Å². The third-order valence-corrected chi connectivity index (χ3v) is 11.3. The minimum Gasteiger partial charge on any atom is -0.381 e. The third kappa shape index (κ3) is 7.08. The minimum atomic E-state index is -3.73. The number of carbonyl (C=O) groups excluding carboxylic acids is 1. The van der Waals surface area contributed by atoms with Gasteiger partial charge < -0.3 is 10.1 Å². The Labute approximate surface area is 239 Å². The van der Waals surface area contributed by atoms with Gasteiger partial charge >= 0.3 is 0 Å². The molecule has 218 valence electrons. The first kappa shape index (κ1) is 30.5. The van der Waals surface area contributed by atoms with E-state index in [2.05, 4.69) is 30.0 Å². The molecule has 2 atom stereocenters. The number of amides is 1. The van der Waals surface area contributed by atoms with Gasteiger partial charge in [-0.3, -0.25) is 9.79 Å². The van der Waals surface area contributed by atoms with Crippen molar-refractivity contribution in [3.63, 3.8) is 0 Å². The van der Waals surface area contributed by atoms with Gasteiger partial charge in [0.05, 0.1) is 15.7 Å². The number of benzene rings is 1. The van der Waals surface area contributed by atoms with E-state index in [-0.39, 0.29) is 18.0 Å². The average Bonchev–Trinajstić information content (AvgIpc) is 3.14. The maximum Gasteiger partial charge on any atom is 0.276 e. The average molecular weight is 578 g/mol. The Bertz CT molecular complexity index is 1200. The van der Waals surface area contributed by atoms with Gasteiger partial charge in [-0.25, -0.2) is 13.1 Å². The Morgan fingerprint density at radius 2 is 1.77 bits per heavy atom. The molecule has 2 fully saturated rings. The first-order valence-corrected chi connectivity index (χ1v) is 16.6. The highest BCUT2D eigenvalue weighted by atomic mass is 32.2. The van der Waals surface area contributed by atoms with Crippen molar-refractivity contribution < 1.29 is 17.9 Å². The van der Waals surface area contributed by atoms with Crippen LogP contribution < -0.4 is 10.0 Å². The molecule has 1 amide bonds. The van der Waals surface area contributed by atoms with Crippen molar-refractivity contribution in [2.75, 3.05) is 13.2 Å². The molecule has 1 aromatic carbocycles. The summed E-state index contributed by atoms with van der Waals surface area (Å²) in [5, 5.41) is 3.72. The lowest BCUT2D eigenvalue weighted by atomic mass is 9.71. The molecule has 0 spiro atoms. The zero-order chi connectivity index (χ0) is 28.8. The van der Waals surface area contributed by atoms with Gasteiger partial charge in [0.15, 0.2) is 5.04 Å². The molecule has 2 heterocycles. The third-order valence-electron chi connectivity index (χ3n) is 8.09. The van der Waals surface area contributed by atoms with Crippen LogP contribution in [0.25, 0.3) is 0 Å². The maximum absolute atomic E-state index is 13.4. The normalized spacial score (nSPS) is 28.6. The quantitative estimate of drug-likeness (QED) is 0.445. The van der Waals surface area contributed by atoms with E-state index in [4.69, 9.17) is 9.73 Å². The lowest BCUT2D eigenvalue weighted by Crippen LogP contribution is -2.41. The van der Waals surface area contributed by atoms with Gasteiger partial charge in [0.2, 0.25) is 10.0 Å². The fraction of sp³-hybridized carbons (Fsp3) is 0.733. The smallest absolute Gasteiger partial charge is 0.276 e. The van der Waals surface area contributed by atoms with E-state index in [0.29, 0.717) is 29.1 Å². The molecule has 1 saturated carbocycles. The van der Waals surface area contributed by atoms with Crippen molar-refractivity contribution in [2.24, 2.45) is 16.8 Å². The molecule has 2 N–H and O–H groups in total. The van der Waals surface area contributed by atoms with Gasteiger partial charge in [-0.2, -0.15) is 0 Å². The number of carbonyl (C=O) groups is 1. The summed E-state index contributed by atoms with van der Waals surface area (Å²) >= 11 is 1.53. The highest BCUT2D eigenvalue weighted by molar-refractivity contribution is 8.16. The molecule has 2 unspecified atom stereocenters. The van der Waals surface area contributed by atoms with Gasteiger partial charge in [-0.1, -0.05) is 51.6 Å². The number of sulfonamides is 1. The van der Waals surface area contributed by atoms with Gasteiger partial charge in [0.25, 0.3) is 5.91 Å². The van der Waals surface area contributed by atoms with E-state index in [9.17, 15) is 13.2 Å². The van der Waals surface area contributed by atoms with Crippen LogP contribution in [0.5, 0.6) is 0 Å². The van der Waals surface area contributed by atoms with Crippen molar-refractivity contribution in [3.8, 4) is 0 Å². The second kappa shape index (κ2) is 11.1. The van der Waals surface area contributed by atoms with Crippen LogP contribution in [0.15, 0.2) is 28.1 Å². The number of hydrogen-bond acceptors (Lipinski definition) is 6. The fourth-order valence-corrected chi connectivity index (χ4v) is 9.06. The molecule has 0 aromatic heterocycles. The van der Waals surface area contributed by atoms with Crippen LogP contribution in [0.4, 0.5) is 0 Å². The summed E-state index contributed by atoms with van der Waals surface area (Å²) in [4.78, 5) is 18.7. The number of nitrogens with one attached hydrogen (secondary N) is 2. The largest absolute Gasteiger partial charge is 0.381 e. The predicted molar refractivity (Wildman–Crippen MR) is 160 cm³/mol. The molecule has 39 heavy (non-hydrogen) atoms. The first-order chi connectivity index (χ1) is 18.0. The standard InChI is InChI=1S/C30H47N3O4S2/c1-19-15-20(16-19)17-25-30(8,38-27(32-25)26(34)31-22-11-13-37-14-12-22)21-9-10-24(23(18-21)28(2,3)4)39(35,36)33-29(5,6)7/h9-10,18-20,22,25,33H,11-17H2,1-8H3,(H,31,34). The van der Waals surface area contributed by atoms with Gasteiger partial charge in [0, 0.05) is 24.8 Å². The Balaban J connectivity index is 1.69. The van der Waals surface area contributed by atoms with Gasteiger partial charge in [-0.15, -0.1) is 0 Å². The summed E-state index contributed by atoms with van der Waals surface area (Å²) in [5.41, 5.74) is 0.795. The van der Waals surface area contributed by atoms with Crippen LogP contribution in [0.3, 0.4) is 0 Å². The zero-order valence-electron chi connectivity index (χ0n) is 24.9. The highest BCUT2D eigenvalue weighted by Crippen LogP contribution is 2.51. The van der Waals surface area contributed by atoms with Crippen molar-refractivity contribution >= 4 is 32.7 Å². The van der Waals surface area contributed by atoms with Crippen molar-refractivity contribution in [1.29, 1.82) is 0 Å². The number of nitrogens with zero attached hydrogens (tertiary/aromatic N) is 1. The summed E-state index contributed by atoms with van der Waals surface area (Å²) in [6.45, 7) is 17.5. The highest BCUT2D eigenvalue weighted by Gasteiger charge is 2.47. The molecule has 1 aliphatic carbocycles. The van der Waals surface area contributed by atoms with Crippen LogP contribution in [0.2, 0.25) is 0 Å².